The second kappa shape index (κ2) is 9.33. The normalized spacial score (nSPS) is 13.6. The second-order valence-electron chi connectivity index (χ2n) is 8.33. The van der Waals surface area contributed by atoms with Crippen molar-refractivity contribution in [2.75, 3.05) is 16.8 Å². The fraction of sp³-hybridized carbons (Fsp3) is 0.214. The van der Waals surface area contributed by atoms with Crippen molar-refractivity contribution >= 4 is 28.8 Å². The fourth-order valence-corrected chi connectivity index (χ4v) is 3.74. The number of rotatable bonds is 7. The maximum absolute atomic E-state index is 13.6. The van der Waals surface area contributed by atoms with Crippen LogP contribution in [0.4, 0.5) is 11.4 Å². The molecule has 5 heteroatoms. The van der Waals surface area contributed by atoms with Gasteiger partial charge < -0.3 is 10.1 Å². The van der Waals surface area contributed by atoms with Gasteiger partial charge in [0.05, 0.1) is 17.9 Å². The van der Waals surface area contributed by atoms with Crippen molar-refractivity contribution < 1.29 is 14.3 Å². The van der Waals surface area contributed by atoms with Crippen LogP contribution in [0.5, 0.6) is 5.75 Å². The third-order valence-electron chi connectivity index (χ3n) is 5.77. The van der Waals surface area contributed by atoms with E-state index in [4.69, 9.17) is 4.74 Å². The number of hydrogen-bond donors (Lipinski definition) is 1. The van der Waals surface area contributed by atoms with Crippen LogP contribution < -0.4 is 15.0 Å². The third-order valence-corrected chi connectivity index (χ3v) is 5.77. The van der Waals surface area contributed by atoms with Gasteiger partial charge in [0, 0.05) is 5.69 Å². The van der Waals surface area contributed by atoms with Gasteiger partial charge in [-0.3, -0.25) is 9.59 Å². The van der Waals surface area contributed by atoms with E-state index in [0.29, 0.717) is 23.4 Å². The first kappa shape index (κ1) is 22.3. The van der Waals surface area contributed by atoms with E-state index in [1.54, 1.807) is 12.1 Å². The standard InChI is InChI=1S/C28H28N2O3/c1-5-16-33-24-14-9-21(10-15-24)25-26(29-22-11-8-19(3)20(4)17-22)28(32)30(27(25)31)23-12-6-18(2)7-13-23/h6-15,17,29H,5,16H2,1-4H3. The molecule has 0 radical (unpaired) electrons. The zero-order chi connectivity index (χ0) is 23.5. The van der Waals surface area contributed by atoms with Gasteiger partial charge in [0.25, 0.3) is 11.8 Å². The van der Waals surface area contributed by atoms with Crippen LogP contribution in [0, 0.1) is 20.8 Å². The smallest absolute Gasteiger partial charge is 0.282 e. The second-order valence-corrected chi connectivity index (χ2v) is 8.33. The number of benzene rings is 3. The third kappa shape index (κ3) is 4.53. The van der Waals surface area contributed by atoms with E-state index >= 15 is 0 Å². The fourth-order valence-electron chi connectivity index (χ4n) is 3.74. The summed E-state index contributed by atoms with van der Waals surface area (Å²) in [4.78, 5) is 28.3. The van der Waals surface area contributed by atoms with Gasteiger partial charge in [-0.25, -0.2) is 4.90 Å². The highest BCUT2D eigenvalue weighted by atomic mass is 16.5. The molecule has 0 saturated carbocycles. The summed E-state index contributed by atoms with van der Waals surface area (Å²) in [5.74, 6) is 0.0119. The Kier molecular flexibility index (Phi) is 6.31. The van der Waals surface area contributed by atoms with Crippen LogP contribution in [0.3, 0.4) is 0 Å². The van der Waals surface area contributed by atoms with Crippen LogP contribution in [0.25, 0.3) is 5.57 Å². The summed E-state index contributed by atoms with van der Waals surface area (Å²) in [6.45, 7) is 8.70. The molecule has 0 bridgehead atoms. The highest BCUT2D eigenvalue weighted by Crippen LogP contribution is 2.34. The average Bonchev–Trinajstić information content (AvgIpc) is 3.05. The SMILES string of the molecule is CCCOc1ccc(C2=C(Nc3ccc(C)c(C)c3)C(=O)N(c3ccc(C)cc3)C2=O)cc1. The molecule has 0 aliphatic carbocycles. The average molecular weight is 441 g/mol. The predicted octanol–water partition coefficient (Wildman–Crippen LogP) is 5.80. The van der Waals surface area contributed by atoms with E-state index in [1.165, 1.54) is 4.90 Å². The molecular weight excluding hydrogens is 412 g/mol. The molecule has 1 aliphatic heterocycles. The van der Waals surface area contributed by atoms with Crippen LogP contribution in [-0.4, -0.2) is 18.4 Å². The van der Waals surface area contributed by atoms with Crippen LogP contribution in [0.1, 0.15) is 35.6 Å². The molecule has 0 spiro atoms. The monoisotopic (exact) mass is 440 g/mol. The van der Waals surface area contributed by atoms with Gasteiger partial charge in [0.2, 0.25) is 0 Å². The van der Waals surface area contributed by atoms with Gasteiger partial charge in [-0.2, -0.15) is 0 Å². The number of amides is 2. The molecule has 33 heavy (non-hydrogen) atoms. The Morgan fingerprint density at radius 1 is 0.818 bits per heavy atom. The van der Waals surface area contributed by atoms with E-state index in [0.717, 1.165) is 34.5 Å². The molecule has 2 amide bonds. The lowest BCUT2D eigenvalue weighted by atomic mass is 10.0. The molecule has 4 rings (SSSR count). The Balaban J connectivity index is 1.76. The van der Waals surface area contributed by atoms with E-state index in [9.17, 15) is 9.59 Å². The highest BCUT2D eigenvalue weighted by molar-refractivity contribution is 6.46. The summed E-state index contributed by atoms with van der Waals surface area (Å²) >= 11 is 0. The molecule has 5 nitrogen and oxygen atoms in total. The quantitative estimate of drug-likeness (QED) is 0.472. The predicted molar refractivity (Wildman–Crippen MR) is 132 cm³/mol. The van der Waals surface area contributed by atoms with E-state index in [1.807, 2.05) is 82.3 Å². The van der Waals surface area contributed by atoms with Crippen LogP contribution in [0.2, 0.25) is 0 Å². The van der Waals surface area contributed by atoms with E-state index in [-0.39, 0.29) is 17.5 Å². The molecule has 0 saturated heterocycles. The number of carbonyl (C=O) groups excluding carboxylic acids is 2. The number of anilines is 2. The molecule has 3 aromatic rings. The maximum Gasteiger partial charge on any atom is 0.282 e. The lowest BCUT2D eigenvalue weighted by Gasteiger charge is -2.16. The lowest BCUT2D eigenvalue weighted by Crippen LogP contribution is -2.32. The van der Waals surface area contributed by atoms with Crippen molar-refractivity contribution in [3.63, 3.8) is 0 Å². The minimum Gasteiger partial charge on any atom is -0.494 e. The molecule has 0 fully saturated rings. The zero-order valence-electron chi connectivity index (χ0n) is 19.4. The Bertz CT molecular complexity index is 1230. The molecule has 3 aromatic carbocycles. The highest BCUT2D eigenvalue weighted by Gasteiger charge is 2.40. The summed E-state index contributed by atoms with van der Waals surface area (Å²) in [6, 6.07) is 20.6. The van der Waals surface area contributed by atoms with Crippen molar-refractivity contribution in [1.29, 1.82) is 0 Å². The minimum absolute atomic E-state index is 0.269. The topological polar surface area (TPSA) is 58.6 Å². The molecule has 1 N–H and O–H groups in total. The van der Waals surface area contributed by atoms with Crippen molar-refractivity contribution in [1.82, 2.24) is 0 Å². The van der Waals surface area contributed by atoms with Gasteiger partial charge in [0.1, 0.15) is 11.4 Å². The number of nitrogens with one attached hydrogen (secondary N) is 1. The molecule has 1 aliphatic rings. The first-order chi connectivity index (χ1) is 15.9. The lowest BCUT2D eigenvalue weighted by molar-refractivity contribution is -0.120. The van der Waals surface area contributed by atoms with Crippen LogP contribution in [-0.2, 0) is 9.59 Å². The first-order valence-corrected chi connectivity index (χ1v) is 11.2. The molecule has 1 heterocycles. The number of imide groups is 1. The van der Waals surface area contributed by atoms with Crippen LogP contribution >= 0.6 is 0 Å². The van der Waals surface area contributed by atoms with Crippen molar-refractivity contribution in [2.24, 2.45) is 0 Å². The number of hydrogen-bond acceptors (Lipinski definition) is 4. The molecular formula is C28H28N2O3. The van der Waals surface area contributed by atoms with Gasteiger partial charge in [0.15, 0.2) is 0 Å². The van der Waals surface area contributed by atoms with Gasteiger partial charge in [-0.05, 0) is 80.3 Å². The Labute approximate surface area is 194 Å². The molecule has 0 aromatic heterocycles. The summed E-state index contributed by atoms with van der Waals surface area (Å²) in [5, 5.41) is 3.23. The largest absolute Gasteiger partial charge is 0.494 e. The molecule has 0 unspecified atom stereocenters. The van der Waals surface area contributed by atoms with Crippen molar-refractivity contribution in [3.8, 4) is 5.75 Å². The number of nitrogens with zero attached hydrogens (tertiary/aromatic N) is 1. The molecule has 168 valence electrons. The summed E-state index contributed by atoms with van der Waals surface area (Å²) in [6.07, 6.45) is 0.912. The maximum atomic E-state index is 13.6. The summed E-state index contributed by atoms with van der Waals surface area (Å²) in [7, 11) is 0. The number of carbonyl (C=O) groups is 2. The number of aryl methyl sites for hydroxylation is 3. The van der Waals surface area contributed by atoms with Gasteiger partial charge >= 0.3 is 0 Å². The van der Waals surface area contributed by atoms with Crippen LogP contribution in [0.15, 0.2) is 72.4 Å². The number of ether oxygens (including phenoxy) is 1. The van der Waals surface area contributed by atoms with Crippen molar-refractivity contribution in [3.05, 3.63) is 94.7 Å². The van der Waals surface area contributed by atoms with Gasteiger partial charge in [-0.15, -0.1) is 0 Å². The summed E-state index contributed by atoms with van der Waals surface area (Å²) < 4.78 is 5.68. The minimum atomic E-state index is -0.372. The Hall–Kier alpha value is -3.86. The van der Waals surface area contributed by atoms with Crippen molar-refractivity contribution in [2.45, 2.75) is 34.1 Å². The zero-order valence-corrected chi connectivity index (χ0v) is 19.4. The first-order valence-electron chi connectivity index (χ1n) is 11.2. The van der Waals surface area contributed by atoms with E-state index < -0.39 is 0 Å². The Morgan fingerprint density at radius 2 is 1.52 bits per heavy atom. The molecule has 0 atom stereocenters. The van der Waals surface area contributed by atoms with Gasteiger partial charge in [-0.1, -0.05) is 42.8 Å². The Morgan fingerprint density at radius 3 is 2.15 bits per heavy atom. The van der Waals surface area contributed by atoms with E-state index in [2.05, 4.69) is 5.32 Å². The summed E-state index contributed by atoms with van der Waals surface area (Å²) in [5.41, 5.74) is 5.92.